The second-order valence-electron chi connectivity index (χ2n) is 6.39. The van der Waals surface area contributed by atoms with E-state index < -0.39 is 0 Å². The Hall–Kier alpha value is -1.72. The second kappa shape index (κ2) is 8.94. The molecule has 1 aromatic heterocycles. The number of aryl methyl sites for hydroxylation is 2. The van der Waals surface area contributed by atoms with Crippen LogP contribution < -0.4 is 10.6 Å². The first kappa shape index (κ1) is 17.1. The molecule has 1 amide bonds. The molecule has 1 aliphatic rings. The molecule has 1 aliphatic heterocycles. The Morgan fingerprint density at radius 1 is 1.29 bits per heavy atom. The van der Waals surface area contributed by atoms with Gasteiger partial charge in [0.05, 0.1) is 17.2 Å². The molecular weight excluding hydrogens is 318 g/mol. The number of carbonyl (C=O) groups is 1. The molecule has 0 radical (unpaired) electrons. The summed E-state index contributed by atoms with van der Waals surface area (Å²) in [6, 6.07) is 10.5. The Bertz CT molecular complexity index is 635. The van der Waals surface area contributed by atoms with Crippen LogP contribution in [0.25, 0.3) is 0 Å². The highest BCUT2D eigenvalue weighted by Gasteiger charge is 2.15. The van der Waals surface area contributed by atoms with Gasteiger partial charge in [-0.2, -0.15) is 0 Å². The van der Waals surface area contributed by atoms with Gasteiger partial charge in [-0.05, 0) is 43.8 Å². The molecule has 1 aromatic carbocycles. The van der Waals surface area contributed by atoms with Crippen LogP contribution in [0.15, 0.2) is 35.7 Å². The number of thiazole rings is 1. The molecule has 0 aliphatic carbocycles. The van der Waals surface area contributed by atoms with E-state index in [9.17, 15) is 4.79 Å². The molecule has 3 rings (SSSR count). The number of nitrogens with zero attached hydrogens (tertiary/aromatic N) is 1. The predicted molar refractivity (Wildman–Crippen MR) is 98.0 cm³/mol. The summed E-state index contributed by atoms with van der Waals surface area (Å²) >= 11 is 1.68. The zero-order chi connectivity index (χ0) is 16.6. The Balaban J connectivity index is 1.36. The highest BCUT2D eigenvalue weighted by Crippen LogP contribution is 2.15. The normalized spacial score (nSPS) is 17.1. The highest BCUT2D eigenvalue weighted by molar-refractivity contribution is 7.09. The van der Waals surface area contributed by atoms with Gasteiger partial charge < -0.3 is 10.6 Å². The van der Waals surface area contributed by atoms with Crippen molar-refractivity contribution in [3.05, 3.63) is 52.0 Å². The lowest BCUT2D eigenvalue weighted by atomic mass is 10.0. The van der Waals surface area contributed by atoms with Gasteiger partial charge in [-0.1, -0.05) is 30.3 Å². The zero-order valence-corrected chi connectivity index (χ0v) is 14.8. The fourth-order valence-corrected chi connectivity index (χ4v) is 3.81. The molecule has 2 N–H and O–H groups in total. The second-order valence-corrected chi connectivity index (χ2v) is 7.34. The van der Waals surface area contributed by atoms with Gasteiger partial charge in [0.25, 0.3) is 0 Å². The van der Waals surface area contributed by atoms with E-state index in [1.165, 1.54) is 12.0 Å². The van der Waals surface area contributed by atoms with Crippen molar-refractivity contribution >= 4 is 17.2 Å². The van der Waals surface area contributed by atoms with Gasteiger partial charge in [0.1, 0.15) is 0 Å². The quantitative estimate of drug-likeness (QED) is 0.775. The van der Waals surface area contributed by atoms with E-state index in [2.05, 4.69) is 45.3 Å². The third kappa shape index (κ3) is 5.42. The molecule has 0 saturated carbocycles. The molecule has 5 heteroatoms. The molecule has 1 saturated heterocycles. The van der Waals surface area contributed by atoms with Crippen molar-refractivity contribution in [1.82, 2.24) is 15.6 Å². The number of aromatic nitrogens is 1. The van der Waals surface area contributed by atoms with Crippen molar-refractivity contribution < 1.29 is 4.79 Å². The fraction of sp³-hybridized carbons (Fsp3) is 0.474. The number of carbonyl (C=O) groups excluding carboxylic acids is 1. The van der Waals surface area contributed by atoms with Crippen molar-refractivity contribution in [2.24, 2.45) is 5.92 Å². The minimum absolute atomic E-state index is 0.140. The standard InChI is InChI=1S/C19H25N3OS/c23-18(8-6-16-10-11-20-12-16)21-13-17-14-24-19(22-17)9-7-15-4-2-1-3-5-15/h1-5,14,16,20H,6-13H2,(H,21,23). The summed E-state index contributed by atoms with van der Waals surface area (Å²) < 4.78 is 0. The van der Waals surface area contributed by atoms with Gasteiger partial charge >= 0.3 is 0 Å². The molecule has 1 atom stereocenters. The average molecular weight is 343 g/mol. The first-order valence-corrected chi connectivity index (χ1v) is 9.62. The number of hydrogen-bond acceptors (Lipinski definition) is 4. The molecule has 0 bridgehead atoms. The summed E-state index contributed by atoms with van der Waals surface area (Å²) in [6.45, 7) is 2.70. The molecule has 2 heterocycles. The van der Waals surface area contributed by atoms with Crippen LogP contribution in [0.1, 0.15) is 35.5 Å². The largest absolute Gasteiger partial charge is 0.350 e. The third-order valence-electron chi connectivity index (χ3n) is 4.48. The fourth-order valence-electron chi connectivity index (χ4n) is 3.01. The van der Waals surface area contributed by atoms with Crippen LogP contribution in [0, 0.1) is 5.92 Å². The average Bonchev–Trinajstić information content (AvgIpc) is 3.29. The maximum Gasteiger partial charge on any atom is 0.220 e. The van der Waals surface area contributed by atoms with Crippen molar-refractivity contribution in [2.75, 3.05) is 13.1 Å². The van der Waals surface area contributed by atoms with Crippen molar-refractivity contribution in [3.8, 4) is 0 Å². The van der Waals surface area contributed by atoms with Crippen LogP contribution in [-0.4, -0.2) is 24.0 Å². The molecular formula is C19H25N3OS. The van der Waals surface area contributed by atoms with Gasteiger partial charge in [-0.25, -0.2) is 4.98 Å². The van der Waals surface area contributed by atoms with Gasteiger partial charge in [-0.15, -0.1) is 11.3 Å². The van der Waals surface area contributed by atoms with Crippen molar-refractivity contribution in [3.63, 3.8) is 0 Å². The molecule has 1 unspecified atom stereocenters. The molecule has 0 spiro atoms. The highest BCUT2D eigenvalue weighted by atomic mass is 32.1. The minimum Gasteiger partial charge on any atom is -0.350 e. The maximum absolute atomic E-state index is 11.9. The molecule has 4 nitrogen and oxygen atoms in total. The summed E-state index contributed by atoms with van der Waals surface area (Å²) in [6.07, 6.45) is 4.77. The predicted octanol–water partition coefficient (Wildman–Crippen LogP) is 2.93. The van der Waals surface area contributed by atoms with Gasteiger partial charge in [0.2, 0.25) is 5.91 Å². The van der Waals surface area contributed by atoms with E-state index >= 15 is 0 Å². The Morgan fingerprint density at radius 3 is 2.96 bits per heavy atom. The SMILES string of the molecule is O=C(CCC1CCNC1)NCc1csc(CCc2ccccc2)n1. The van der Waals surface area contributed by atoms with Gasteiger partial charge in [0, 0.05) is 18.2 Å². The number of nitrogens with one attached hydrogen (secondary N) is 2. The summed E-state index contributed by atoms with van der Waals surface area (Å²) in [5, 5.41) is 9.53. The van der Waals surface area contributed by atoms with Crippen LogP contribution in [0.3, 0.4) is 0 Å². The summed E-state index contributed by atoms with van der Waals surface area (Å²) in [7, 11) is 0. The van der Waals surface area contributed by atoms with E-state index in [1.54, 1.807) is 11.3 Å². The molecule has 1 fully saturated rings. The van der Waals surface area contributed by atoms with E-state index in [-0.39, 0.29) is 5.91 Å². The van der Waals surface area contributed by atoms with Gasteiger partial charge in [0.15, 0.2) is 0 Å². The van der Waals surface area contributed by atoms with E-state index in [4.69, 9.17) is 0 Å². The lowest BCUT2D eigenvalue weighted by Gasteiger charge is -2.07. The summed E-state index contributed by atoms with van der Waals surface area (Å²) in [5.74, 6) is 0.806. The minimum atomic E-state index is 0.140. The smallest absolute Gasteiger partial charge is 0.220 e. The van der Waals surface area contributed by atoms with Crippen molar-refractivity contribution in [1.29, 1.82) is 0 Å². The Kier molecular flexibility index (Phi) is 6.38. The van der Waals surface area contributed by atoms with Crippen LogP contribution >= 0.6 is 11.3 Å². The number of hydrogen-bond donors (Lipinski definition) is 2. The summed E-state index contributed by atoms with van der Waals surface area (Å²) in [5.41, 5.74) is 2.31. The zero-order valence-electron chi connectivity index (χ0n) is 14.0. The van der Waals surface area contributed by atoms with Crippen LogP contribution in [0.2, 0.25) is 0 Å². The van der Waals surface area contributed by atoms with E-state index in [1.807, 2.05) is 6.07 Å². The first-order chi connectivity index (χ1) is 11.8. The molecule has 24 heavy (non-hydrogen) atoms. The lowest BCUT2D eigenvalue weighted by Crippen LogP contribution is -2.23. The number of amides is 1. The van der Waals surface area contributed by atoms with Crippen LogP contribution in [0.5, 0.6) is 0 Å². The number of benzene rings is 1. The number of rotatable bonds is 8. The third-order valence-corrected chi connectivity index (χ3v) is 5.44. The Labute approximate surface area is 147 Å². The first-order valence-electron chi connectivity index (χ1n) is 8.74. The Morgan fingerprint density at radius 2 is 2.17 bits per heavy atom. The lowest BCUT2D eigenvalue weighted by molar-refractivity contribution is -0.121. The monoisotopic (exact) mass is 343 g/mol. The van der Waals surface area contributed by atoms with Gasteiger partial charge in [-0.3, -0.25) is 4.79 Å². The van der Waals surface area contributed by atoms with E-state index in [0.29, 0.717) is 18.9 Å². The van der Waals surface area contributed by atoms with Crippen LogP contribution in [-0.2, 0) is 24.2 Å². The van der Waals surface area contributed by atoms with Crippen molar-refractivity contribution in [2.45, 2.75) is 38.6 Å². The maximum atomic E-state index is 11.9. The topological polar surface area (TPSA) is 54.0 Å². The molecule has 2 aromatic rings. The van der Waals surface area contributed by atoms with Crippen LogP contribution in [0.4, 0.5) is 0 Å². The van der Waals surface area contributed by atoms with E-state index in [0.717, 1.165) is 43.1 Å². The molecule has 128 valence electrons. The summed E-state index contributed by atoms with van der Waals surface area (Å²) in [4.78, 5) is 16.6.